The van der Waals surface area contributed by atoms with E-state index in [9.17, 15) is 31.1 Å². The predicted molar refractivity (Wildman–Crippen MR) is 70.2 cm³/mol. The van der Waals surface area contributed by atoms with Crippen molar-refractivity contribution >= 4 is 6.09 Å². The van der Waals surface area contributed by atoms with Crippen LogP contribution in [0.25, 0.3) is 0 Å². The van der Waals surface area contributed by atoms with Crippen LogP contribution in [-0.2, 0) is 0 Å². The zero-order valence-corrected chi connectivity index (χ0v) is 12.5. The summed E-state index contributed by atoms with van der Waals surface area (Å²) in [6.45, 7) is 3.96. The number of ether oxygens (including phenoxy) is 1. The van der Waals surface area contributed by atoms with Gasteiger partial charge < -0.3 is 4.74 Å². The Morgan fingerprint density at radius 1 is 1.00 bits per heavy atom. The van der Waals surface area contributed by atoms with Crippen molar-refractivity contribution in [3.8, 4) is 5.75 Å². The molecule has 1 amide bonds. The molecule has 0 unspecified atom stereocenters. The maximum absolute atomic E-state index is 12.9. The summed E-state index contributed by atoms with van der Waals surface area (Å²) < 4.78 is 82.0. The van der Waals surface area contributed by atoms with E-state index in [1.54, 1.807) is 19.9 Å². The van der Waals surface area contributed by atoms with Crippen LogP contribution in [0.3, 0.4) is 0 Å². The Morgan fingerprint density at radius 3 is 1.78 bits per heavy atom. The number of carbonyl (C=O) groups excluding carboxylic acids is 1. The zero-order chi connectivity index (χ0) is 18.1. The molecule has 3 nitrogen and oxygen atoms in total. The molecule has 0 fully saturated rings. The number of halogens is 6. The molecule has 0 aliphatic heterocycles. The number of carbonyl (C=O) groups is 1. The molecule has 1 aromatic rings. The summed E-state index contributed by atoms with van der Waals surface area (Å²) in [4.78, 5) is 11.6. The molecular weight excluding hydrogens is 328 g/mol. The number of benzene rings is 1. The number of rotatable bonds is 3. The molecule has 0 saturated heterocycles. The van der Waals surface area contributed by atoms with Crippen molar-refractivity contribution in [2.75, 3.05) is 0 Å². The number of nitrogens with one attached hydrogen (secondary N) is 1. The summed E-state index contributed by atoms with van der Waals surface area (Å²) in [5, 5.41) is 0.936. The number of amides is 1. The van der Waals surface area contributed by atoms with Gasteiger partial charge in [0.25, 0.3) is 0 Å². The van der Waals surface area contributed by atoms with E-state index in [0.29, 0.717) is 18.1 Å². The molecule has 23 heavy (non-hydrogen) atoms. The van der Waals surface area contributed by atoms with Crippen molar-refractivity contribution < 1.29 is 35.9 Å². The molecule has 0 atom stereocenters. The van der Waals surface area contributed by atoms with Gasteiger partial charge in [-0.1, -0.05) is 13.0 Å². The molecule has 1 N–H and O–H groups in total. The molecule has 0 spiro atoms. The second-order valence-electron chi connectivity index (χ2n) is 5.09. The van der Waals surface area contributed by atoms with Crippen molar-refractivity contribution in [2.45, 2.75) is 45.1 Å². The highest BCUT2D eigenvalue weighted by Gasteiger charge is 2.70. The molecule has 0 aliphatic carbocycles. The van der Waals surface area contributed by atoms with Crippen LogP contribution >= 0.6 is 0 Å². The highest BCUT2D eigenvalue weighted by molar-refractivity contribution is 5.71. The summed E-state index contributed by atoms with van der Waals surface area (Å²) in [6.07, 6.45) is -14.7. The summed E-state index contributed by atoms with van der Waals surface area (Å²) in [7, 11) is 0. The van der Waals surface area contributed by atoms with Crippen molar-refractivity contribution in [1.29, 1.82) is 0 Å². The lowest BCUT2D eigenvalue weighted by atomic mass is 9.94. The van der Waals surface area contributed by atoms with Crippen LogP contribution < -0.4 is 10.1 Å². The standard InChI is InChI=1S/C14H15F6NO2/c1-4-12(13(15,16)17,14(18,19)20)21-11(22)23-10-6-8(2)5-9(3)7-10/h5-7H,4H2,1-3H3,(H,21,22). The van der Waals surface area contributed by atoms with E-state index in [2.05, 4.69) is 4.74 Å². The fourth-order valence-corrected chi connectivity index (χ4v) is 2.09. The van der Waals surface area contributed by atoms with E-state index in [1.807, 2.05) is 0 Å². The van der Waals surface area contributed by atoms with E-state index in [4.69, 9.17) is 0 Å². The monoisotopic (exact) mass is 343 g/mol. The van der Waals surface area contributed by atoms with Gasteiger partial charge in [-0.25, -0.2) is 4.79 Å². The molecule has 9 heteroatoms. The normalized spacial score (nSPS) is 12.9. The van der Waals surface area contributed by atoms with Gasteiger partial charge >= 0.3 is 18.4 Å². The third kappa shape index (κ3) is 4.08. The molecule has 130 valence electrons. The lowest BCUT2D eigenvalue weighted by Crippen LogP contribution is -2.67. The van der Waals surface area contributed by atoms with Crippen molar-refractivity contribution in [2.24, 2.45) is 0 Å². The van der Waals surface area contributed by atoms with Gasteiger partial charge in [0, 0.05) is 0 Å². The third-order valence-corrected chi connectivity index (χ3v) is 3.22. The van der Waals surface area contributed by atoms with Gasteiger partial charge in [0.05, 0.1) is 0 Å². The van der Waals surface area contributed by atoms with E-state index < -0.39 is 30.4 Å². The van der Waals surface area contributed by atoms with Crippen LogP contribution in [0.5, 0.6) is 5.75 Å². The van der Waals surface area contributed by atoms with Gasteiger partial charge in [-0.3, -0.25) is 5.32 Å². The molecule has 1 aromatic carbocycles. The highest BCUT2D eigenvalue weighted by atomic mass is 19.4. The van der Waals surface area contributed by atoms with E-state index >= 15 is 0 Å². The maximum atomic E-state index is 12.9. The molecule has 0 saturated carbocycles. The Morgan fingerprint density at radius 2 is 1.43 bits per heavy atom. The summed E-state index contributed by atoms with van der Waals surface area (Å²) in [5.41, 5.74) is -3.09. The van der Waals surface area contributed by atoms with E-state index in [1.165, 1.54) is 12.1 Å². The van der Waals surface area contributed by atoms with E-state index in [-0.39, 0.29) is 5.75 Å². The Kier molecular flexibility index (Phi) is 5.23. The Bertz CT molecular complexity index is 545. The Hall–Kier alpha value is -1.93. The van der Waals surface area contributed by atoms with Gasteiger partial charge in [0.1, 0.15) is 5.75 Å². The van der Waals surface area contributed by atoms with Crippen LogP contribution in [0.1, 0.15) is 24.5 Å². The van der Waals surface area contributed by atoms with Crippen molar-refractivity contribution in [3.63, 3.8) is 0 Å². The first-order chi connectivity index (χ1) is 10.3. The second-order valence-corrected chi connectivity index (χ2v) is 5.09. The van der Waals surface area contributed by atoms with Crippen molar-refractivity contribution in [1.82, 2.24) is 5.32 Å². The average Bonchev–Trinajstić information content (AvgIpc) is 2.31. The fourth-order valence-electron chi connectivity index (χ4n) is 2.09. The van der Waals surface area contributed by atoms with Crippen LogP contribution in [0.15, 0.2) is 18.2 Å². The molecule has 0 radical (unpaired) electrons. The summed E-state index contributed by atoms with van der Waals surface area (Å²) in [6, 6.07) is 4.34. The van der Waals surface area contributed by atoms with Gasteiger partial charge in [-0.2, -0.15) is 26.3 Å². The minimum atomic E-state index is -5.72. The number of hydrogen-bond acceptors (Lipinski definition) is 2. The minimum Gasteiger partial charge on any atom is -0.410 e. The predicted octanol–water partition coefficient (Wildman–Crippen LogP) is 4.67. The molecule has 0 heterocycles. The Labute approximate surface area is 128 Å². The highest BCUT2D eigenvalue weighted by Crippen LogP contribution is 2.45. The number of aryl methyl sites for hydroxylation is 2. The first-order valence-electron chi connectivity index (χ1n) is 6.54. The molecule has 0 bridgehead atoms. The fraction of sp³-hybridized carbons (Fsp3) is 0.500. The zero-order valence-electron chi connectivity index (χ0n) is 12.5. The summed E-state index contributed by atoms with van der Waals surface area (Å²) >= 11 is 0. The topological polar surface area (TPSA) is 38.3 Å². The van der Waals surface area contributed by atoms with Gasteiger partial charge in [0.2, 0.25) is 5.54 Å². The van der Waals surface area contributed by atoms with Gasteiger partial charge in [0.15, 0.2) is 0 Å². The molecule has 0 aromatic heterocycles. The smallest absolute Gasteiger partial charge is 0.410 e. The SMILES string of the molecule is CCC(NC(=O)Oc1cc(C)cc(C)c1)(C(F)(F)F)C(F)(F)F. The number of hydrogen-bond donors (Lipinski definition) is 1. The largest absolute Gasteiger partial charge is 0.420 e. The van der Waals surface area contributed by atoms with E-state index in [0.717, 1.165) is 5.32 Å². The quantitative estimate of drug-likeness (QED) is 0.811. The lowest BCUT2D eigenvalue weighted by molar-refractivity contribution is -0.305. The molecule has 1 rings (SSSR count). The average molecular weight is 343 g/mol. The third-order valence-electron chi connectivity index (χ3n) is 3.22. The maximum Gasteiger partial charge on any atom is 0.420 e. The molecular formula is C14H15F6NO2. The van der Waals surface area contributed by atoms with Crippen LogP contribution in [0, 0.1) is 13.8 Å². The van der Waals surface area contributed by atoms with Crippen molar-refractivity contribution in [3.05, 3.63) is 29.3 Å². The first kappa shape index (κ1) is 19.1. The van der Waals surface area contributed by atoms with Crippen LogP contribution in [-0.4, -0.2) is 24.0 Å². The lowest BCUT2D eigenvalue weighted by Gasteiger charge is -2.36. The minimum absolute atomic E-state index is 0.144. The summed E-state index contributed by atoms with van der Waals surface area (Å²) in [5.74, 6) is -0.144. The van der Waals surface area contributed by atoms with Gasteiger partial charge in [-0.15, -0.1) is 0 Å². The van der Waals surface area contributed by atoms with Crippen LogP contribution in [0.4, 0.5) is 31.1 Å². The number of alkyl halides is 6. The first-order valence-corrected chi connectivity index (χ1v) is 6.54. The van der Waals surface area contributed by atoms with Gasteiger partial charge in [-0.05, 0) is 43.5 Å². The Balaban J connectivity index is 3.07. The van der Waals surface area contributed by atoms with Crippen LogP contribution in [0.2, 0.25) is 0 Å². The second kappa shape index (κ2) is 6.29. The molecule has 0 aliphatic rings.